The van der Waals surface area contributed by atoms with Gasteiger partial charge in [-0.05, 0) is 31.2 Å². The lowest BCUT2D eigenvalue weighted by Gasteiger charge is -2.02. The van der Waals surface area contributed by atoms with Gasteiger partial charge in [-0.2, -0.15) is 0 Å². The van der Waals surface area contributed by atoms with Crippen LogP contribution < -0.4 is 0 Å². The highest BCUT2D eigenvalue weighted by molar-refractivity contribution is 5.90. The predicted octanol–water partition coefficient (Wildman–Crippen LogP) is 3.41. The lowest BCUT2D eigenvalue weighted by Crippen LogP contribution is -2.04. The number of aromatic amines is 1. The summed E-state index contributed by atoms with van der Waals surface area (Å²) in [6.07, 6.45) is 0. The molecular formula is C16H14N2O2. The molecule has 0 fully saturated rings. The van der Waals surface area contributed by atoms with Crippen LogP contribution in [0.3, 0.4) is 0 Å². The van der Waals surface area contributed by atoms with Crippen LogP contribution in [-0.2, 0) is 4.74 Å². The second-order valence-corrected chi connectivity index (χ2v) is 4.40. The standard InChI is InChI=1S/C16H14N2O2/c1-2-20-16(19)12-9-7-11(8-10-12)15-17-13-5-3-4-6-14(13)18-15/h3-10H,2H2,1H3,(H,17,18). The van der Waals surface area contributed by atoms with E-state index in [1.54, 1.807) is 19.1 Å². The van der Waals surface area contributed by atoms with Gasteiger partial charge in [-0.3, -0.25) is 0 Å². The van der Waals surface area contributed by atoms with Crippen molar-refractivity contribution in [2.75, 3.05) is 6.61 Å². The SMILES string of the molecule is CCOC(=O)c1ccc(-c2nc3ccccc3[nH]2)cc1. The quantitative estimate of drug-likeness (QED) is 0.739. The molecule has 4 heteroatoms. The summed E-state index contributed by atoms with van der Waals surface area (Å²) in [6, 6.07) is 15.1. The van der Waals surface area contributed by atoms with Gasteiger partial charge in [0.15, 0.2) is 0 Å². The maximum atomic E-state index is 11.6. The number of esters is 1. The van der Waals surface area contributed by atoms with E-state index in [-0.39, 0.29) is 5.97 Å². The minimum atomic E-state index is -0.302. The number of nitrogens with one attached hydrogen (secondary N) is 1. The number of ether oxygens (including phenoxy) is 1. The zero-order valence-corrected chi connectivity index (χ0v) is 11.1. The number of rotatable bonds is 3. The Labute approximate surface area is 116 Å². The van der Waals surface area contributed by atoms with Crippen molar-refractivity contribution >= 4 is 17.0 Å². The monoisotopic (exact) mass is 266 g/mol. The molecule has 3 aromatic rings. The van der Waals surface area contributed by atoms with Gasteiger partial charge in [-0.15, -0.1) is 0 Å². The fraction of sp³-hybridized carbons (Fsp3) is 0.125. The molecule has 2 aromatic carbocycles. The van der Waals surface area contributed by atoms with Gasteiger partial charge in [0.2, 0.25) is 0 Å². The molecule has 4 nitrogen and oxygen atoms in total. The first-order chi connectivity index (χ1) is 9.78. The lowest BCUT2D eigenvalue weighted by molar-refractivity contribution is 0.0526. The first-order valence-corrected chi connectivity index (χ1v) is 6.50. The molecule has 0 radical (unpaired) electrons. The molecule has 0 bridgehead atoms. The molecule has 0 spiro atoms. The van der Waals surface area contributed by atoms with Crippen LogP contribution >= 0.6 is 0 Å². The summed E-state index contributed by atoms with van der Waals surface area (Å²) < 4.78 is 4.96. The molecule has 1 N–H and O–H groups in total. The molecule has 0 saturated heterocycles. The van der Waals surface area contributed by atoms with E-state index in [9.17, 15) is 4.79 Å². The smallest absolute Gasteiger partial charge is 0.338 e. The fourth-order valence-electron chi connectivity index (χ4n) is 2.07. The summed E-state index contributed by atoms with van der Waals surface area (Å²) in [5.74, 6) is 0.491. The maximum Gasteiger partial charge on any atom is 0.338 e. The van der Waals surface area contributed by atoms with Crippen molar-refractivity contribution in [2.45, 2.75) is 6.92 Å². The molecule has 0 saturated carbocycles. The number of aromatic nitrogens is 2. The van der Waals surface area contributed by atoms with Gasteiger partial charge in [-0.1, -0.05) is 24.3 Å². The molecule has 20 heavy (non-hydrogen) atoms. The minimum absolute atomic E-state index is 0.302. The van der Waals surface area contributed by atoms with Crippen molar-refractivity contribution < 1.29 is 9.53 Å². The molecule has 0 aliphatic heterocycles. The molecule has 0 atom stereocenters. The second-order valence-electron chi connectivity index (χ2n) is 4.40. The van der Waals surface area contributed by atoms with E-state index in [0.717, 1.165) is 22.4 Å². The van der Waals surface area contributed by atoms with Gasteiger partial charge >= 0.3 is 5.97 Å². The third kappa shape index (κ3) is 2.28. The molecule has 1 aromatic heterocycles. The van der Waals surface area contributed by atoms with Crippen LogP contribution in [0.5, 0.6) is 0 Å². The summed E-state index contributed by atoms with van der Waals surface area (Å²) in [7, 11) is 0. The van der Waals surface area contributed by atoms with Gasteiger partial charge in [0.05, 0.1) is 23.2 Å². The average molecular weight is 266 g/mol. The highest BCUT2D eigenvalue weighted by atomic mass is 16.5. The summed E-state index contributed by atoms with van der Waals surface area (Å²) in [4.78, 5) is 19.4. The Balaban J connectivity index is 1.92. The number of hydrogen-bond donors (Lipinski definition) is 1. The zero-order valence-electron chi connectivity index (χ0n) is 11.1. The lowest BCUT2D eigenvalue weighted by atomic mass is 10.1. The van der Waals surface area contributed by atoms with Crippen LogP contribution in [0.15, 0.2) is 48.5 Å². The Hall–Kier alpha value is -2.62. The molecule has 3 rings (SSSR count). The van der Waals surface area contributed by atoms with Crippen molar-refractivity contribution in [2.24, 2.45) is 0 Å². The van der Waals surface area contributed by atoms with Gasteiger partial charge in [0.25, 0.3) is 0 Å². The van der Waals surface area contributed by atoms with Gasteiger partial charge < -0.3 is 9.72 Å². The largest absolute Gasteiger partial charge is 0.462 e. The summed E-state index contributed by atoms with van der Waals surface area (Å²) in [6.45, 7) is 2.17. The summed E-state index contributed by atoms with van der Waals surface area (Å²) in [5.41, 5.74) is 3.41. The molecule has 0 aliphatic rings. The second kappa shape index (κ2) is 5.17. The Morgan fingerprint density at radius 1 is 1.15 bits per heavy atom. The molecule has 100 valence electrons. The normalized spacial score (nSPS) is 10.7. The molecule has 1 heterocycles. The number of imidazole rings is 1. The van der Waals surface area contributed by atoms with Crippen molar-refractivity contribution in [3.05, 3.63) is 54.1 Å². The van der Waals surface area contributed by atoms with Crippen molar-refractivity contribution in [1.29, 1.82) is 0 Å². The van der Waals surface area contributed by atoms with Crippen LogP contribution in [-0.4, -0.2) is 22.5 Å². The highest BCUT2D eigenvalue weighted by Crippen LogP contribution is 2.20. The number of para-hydroxylation sites is 2. The van der Waals surface area contributed by atoms with Crippen LogP contribution in [0.4, 0.5) is 0 Å². The van der Waals surface area contributed by atoms with Crippen molar-refractivity contribution in [3.63, 3.8) is 0 Å². The van der Waals surface area contributed by atoms with Gasteiger partial charge in [0, 0.05) is 5.56 Å². The van der Waals surface area contributed by atoms with E-state index in [1.165, 1.54) is 0 Å². The topological polar surface area (TPSA) is 55.0 Å². The van der Waals surface area contributed by atoms with E-state index in [0.29, 0.717) is 12.2 Å². The van der Waals surface area contributed by atoms with Gasteiger partial charge in [0.1, 0.15) is 5.82 Å². The zero-order chi connectivity index (χ0) is 13.9. The van der Waals surface area contributed by atoms with E-state index < -0.39 is 0 Å². The van der Waals surface area contributed by atoms with Crippen molar-refractivity contribution in [1.82, 2.24) is 9.97 Å². The molecular weight excluding hydrogens is 252 g/mol. The van der Waals surface area contributed by atoms with Crippen LogP contribution in [0.2, 0.25) is 0 Å². The van der Waals surface area contributed by atoms with Crippen molar-refractivity contribution in [3.8, 4) is 11.4 Å². The Morgan fingerprint density at radius 2 is 1.90 bits per heavy atom. The Bertz CT molecular complexity index is 712. The number of benzene rings is 2. The maximum absolute atomic E-state index is 11.6. The van der Waals surface area contributed by atoms with E-state index in [1.807, 2.05) is 36.4 Å². The van der Waals surface area contributed by atoms with E-state index in [2.05, 4.69) is 9.97 Å². The third-order valence-corrected chi connectivity index (χ3v) is 3.06. The number of H-pyrrole nitrogens is 1. The number of carbonyl (C=O) groups excluding carboxylic acids is 1. The van der Waals surface area contributed by atoms with Crippen LogP contribution in [0.1, 0.15) is 17.3 Å². The molecule has 0 aliphatic carbocycles. The number of nitrogens with zero attached hydrogens (tertiary/aromatic N) is 1. The predicted molar refractivity (Wildman–Crippen MR) is 77.5 cm³/mol. The van der Waals surface area contributed by atoms with E-state index in [4.69, 9.17) is 4.74 Å². The highest BCUT2D eigenvalue weighted by Gasteiger charge is 2.08. The number of fused-ring (bicyclic) bond motifs is 1. The van der Waals surface area contributed by atoms with E-state index >= 15 is 0 Å². The Kier molecular flexibility index (Phi) is 3.21. The number of hydrogen-bond acceptors (Lipinski definition) is 3. The first kappa shape index (κ1) is 12.4. The Morgan fingerprint density at radius 3 is 2.60 bits per heavy atom. The molecule has 0 unspecified atom stereocenters. The fourth-order valence-corrected chi connectivity index (χ4v) is 2.07. The molecule has 0 amide bonds. The van der Waals surface area contributed by atoms with Crippen LogP contribution in [0.25, 0.3) is 22.4 Å². The number of carbonyl (C=O) groups is 1. The average Bonchev–Trinajstić information content (AvgIpc) is 2.91. The third-order valence-electron chi connectivity index (χ3n) is 3.06. The first-order valence-electron chi connectivity index (χ1n) is 6.50. The summed E-state index contributed by atoms with van der Waals surface area (Å²) in [5, 5.41) is 0. The minimum Gasteiger partial charge on any atom is -0.462 e. The summed E-state index contributed by atoms with van der Waals surface area (Å²) >= 11 is 0. The van der Waals surface area contributed by atoms with Gasteiger partial charge in [-0.25, -0.2) is 9.78 Å². The van der Waals surface area contributed by atoms with Crippen LogP contribution in [0, 0.1) is 0 Å².